The van der Waals surface area contributed by atoms with Crippen molar-refractivity contribution in [1.82, 2.24) is 36.2 Å². The first-order chi connectivity index (χ1) is 17.5. The van der Waals surface area contributed by atoms with Gasteiger partial charge in [-0.3, -0.25) is 19.2 Å². The third kappa shape index (κ3) is 5.52. The van der Waals surface area contributed by atoms with Crippen LogP contribution in [0.15, 0.2) is 13.3 Å². The number of oxazole rings is 3. The van der Waals surface area contributed by atoms with Gasteiger partial charge in [0.25, 0.3) is 17.7 Å². The van der Waals surface area contributed by atoms with Gasteiger partial charge in [0.05, 0.1) is 19.6 Å². The van der Waals surface area contributed by atoms with Gasteiger partial charge in [-0.25, -0.2) is 15.0 Å². The first kappa shape index (κ1) is 25.6. The van der Waals surface area contributed by atoms with E-state index >= 15 is 0 Å². The van der Waals surface area contributed by atoms with E-state index in [1.54, 1.807) is 34.6 Å². The highest BCUT2D eigenvalue weighted by molar-refractivity contribution is 5.97. The van der Waals surface area contributed by atoms with Crippen LogP contribution in [-0.2, 0) is 24.4 Å². The summed E-state index contributed by atoms with van der Waals surface area (Å²) in [4.78, 5) is 63.6. The predicted octanol–water partition coefficient (Wildman–Crippen LogP) is 0.820. The first-order valence-corrected chi connectivity index (χ1v) is 11.6. The van der Waals surface area contributed by atoms with Gasteiger partial charge in [0.2, 0.25) is 23.6 Å². The van der Waals surface area contributed by atoms with Crippen LogP contribution in [0.2, 0.25) is 0 Å². The maximum atomic E-state index is 12.9. The molecule has 4 rings (SSSR count). The van der Waals surface area contributed by atoms with Gasteiger partial charge in [-0.05, 0) is 26.7 Å². The second-order valence-electron chi connectivity index (χ2n) is 8.82. The third-order valence-electron chi connectivity index (χ3n) is 5.62. The van der Waals surface area contributed by atoms with E-state index < -0.39 is 29.7 Å². The molecule has 0 aromatic carbocycles. The van der Waals surface area contributed by atoms with E-state index in [1.807, 2.05) is 0 Å². The Hall–Kier alpha value is -4.49. The lowest BCUT2D eigenvalue weighted by atomic mass is 10.0. The first-order valence-electron chi connectivity index (χ1n) is 11.6. The van der Waals surface area contributed by atoms with E-state index in [1.165, 1.54) is 0 Å². The molecule has 1 atom stereocenters. The normalized spacial score (nSPS) is 17.5. The molecule has 37 heavy (non-hydrogen) atoms. The number of nitrogens with one attached hydrogen (secondary N) is 4. The van der Waals surface area contributed by atoms with E-state index in [4.69, 9.17) is 13.3 Å². The van der Waals surface area contributed by atoms with Crippen molar-refractivity contribution in [1.29, 1.82) is 0 Å². The molecule has 6 bridgehead atoms. The molecule has 1 aliphatic rings. The van der Waals surface area contributed by atoms with Gasteiger partial charge in [-0.2, -0.15) is 0 Å². The van der Waals surface area contributed by atoms with Crippen molar-refractivity contribution >= 4 is 23.6 Å². The van der Waals surface area contributed by atoms with Gasteiger partial charge in [0.15, 0.2) is 17.1 Å². The van der Waals surface area contributed by atoms with Gasteiger partial charge in [-0.1, -0.05) is 13.8 Å². The molecule has 3 aromatic heterocycles. The number of hydrogen-bond acceptors (Lipinski definition) is 10. The second kappa shape index (κ2) is 10.2. The van der Waals surface area contributed by atoms with Crippen LogP contribution in [0, 0.1) is 26.7 Å². The Bertz CT molecular complexity index is 1370. The zero-order valence-electron chi connectivity index (χ0n) is 21.0. The molecule has 1 aliphatic heterocycles. The summed E-state index contributed by atoms with van der Waals surface area (Å²) in [7, 11) is 0. The third-order valence-corrected chi connectivity index (χ3v) is 5.62. The van der Waals surface area contributed by atoms with Crippen molar-refractivity contribution < 1.29 is 32.4 Å². The van der Waals surface area contributed by atoms with Crippen LogP contribution in [0.5, 0.6) is 0 Å². The van der Waals surface area contributed by atoms with Crippen molar-refractivity contribution in [3.63, 3.8) is 0 Å². The molecule has 0 saturated heterocycles. The molecule has 3 aromatic rings. The number of aromatic nitrogens is 3. The van der Waals surface area contributed by atoms with Crippen molar-refractivity contribution in [2.75, 3.05) is 0 Å². The SMILES string of the molecule is Cc1oc2nc1C(=O)NCc1nc(c(C)o1)C(=O)N[C@@H](C(C)C)C(=O)NCc1nc(c(C)o1)C(=O)NC2. The molecule has 14 heteroatoms. The molecule has 196 valence electrons. The van der Waals surface area contributed by atoms with Crippen molar-refractivity contribution in [3.05, 3.63) is 52.0 Å². The minimum atomic E-state index is -0.899. The summed E-state index contributed by atoms with van der Waals surface area (Å²) in [6, 6.07) is -0.899. The summed E-state index contributed by atoms with van der Waals surface area (Å²) in [6.45, 7) is 7.92. The molecule has 14 nitrogen and oxygen atoms in total. The summed E-state index contributed by atoms with van der Waals surface area (Å²) in [6.07, 6.45) is 0. The topological polar surface area (TPSA) is 194 Å². The molecule has 4 N–H and O–H groups in total. The summed E-state index contributed by atoms with van der Waals surface area (Å²) in [5, 5.41) is 10.6. The van der Waals surface area contributed by atoms with Crippen LogP contribution in [0.1, 0.15) is 80.3 Å². The standard InChI is InChI=1S/C23H27N7O7/c1-9(2)16-20(31)24-6-13-27-17(10(3)35-13)21(32)25-7-14-28-18(11(4)36-14)22(33)26-8-15-29-19(12(5)37-15)23(34)30-16/h9,16H,6-8H2,1-5H3,(H,24,31)(H,25,32)(H,26,33)(H,30,34)/t16-/m0/s1. The Morgan fingerprint density at radius 2 is 1.03 bits per heavy atom. The highest BCUT2D eigenvalue weighted by Crippen LogP contribution is 2.15. The van der Waals surface area contributed by atoms with Crippen LogP contribution >= 0.6 is 0 Å². The Labute approximate surface area is 211 Å². The van der Waals surface area contributed by atoms with Crippen LogP contribution in [0.3, 0.4) is 0 Å². The van der Waals surface area contributed by atoms with Gasteiger partial charge in [0.1, 0.15) is 23.3 Å². The van der Waals surface area contributed by atoms with E-state index in [-0.39, 0.29) is 77.6 Å². The average molecular weight is 514 g/mol. The van der Waals surface area contributed by atoms with Gasteiger partial charge in [-0.15, -0.1) is 0 Å². The van der Waals surface area contributed by atoms with E-state index in [0.717, 1.165) is 0 Å². The van der Waals surface area contributed by atoms with Crippen LogP contribution in [0.25, 0.3) is 0 Å². The number of hydrogen-bond donors (Lipinski definition) is 4. The number of fused-ring (bicyclic) bond motifs is 6. The monoisotopic (exact) mass is 513 g/mol. The molecule has 0 spiro atoms. The lowest BCUT2D eigenvalue weighted by molar-refractivity contribution is -0.124. The zero-order valence-corrected chi connectivity index (χ0v) is 21.0. The molecule has 0 unspecified atom stereocenters. The number of rotatable bonds is 1. The lowest BCUT2D eigenvalue weighted by Crippen LogP contribution is -2.49. The fourth-order valence-corrected chi connectivity index (χ4v) is 3.71. The van der Waals surface area contributed by atoms with Crippen molar-refractivity contribution in [3.8, 4) is 0 Å². The maximum absolute atomic E-state index is 12.9. The van der Waals surface area contributed by atoms with Crippen LogP contribution in [0.4, 0.5) is 0 Å². The second-order valence-corrected chi connectivity index (χ2v) is 8.82. The lowest BCUT2D eigenvalue weighted by Gasteiger charge is -2.21. The average Bonchev–Trinajstić information content (AvgIpc) is 3.53. The Balaban J connectivity index is 1.64. The number of aryl methyl sites for hydroxylation is 3. The Kier molecular flexibility index (Phi) is 7.09. The maximum Gasteiger partial charge on any atom is 0.274 e. The highest BCUT2D eigenvalue weighted by atomic mass is 16.4. The van der Waals surface area contributed by atoms with Crippen molar-refractivity contribution in [2.45, 2.75) is 60.3 Å². The number of amides is 4. The quantitative estimate of drug-likeness (QED) is 0.362. The molecular formula is C23H27N7O7. The summed E-state index contributed by atoms with van der Waals surface area (Å²) >= 11 is 0. The van der Waals surface area contributed by atoms with Gasteiger partial charge in [0, 0.05) is 0 Å². The smallest absolute Gasteiger partial charge is 0.274 e. The molecule has 4 amide bonds. The fraction of sp³-hybridized carbons (Fsp3) is 0.435. The molecule has 0 radical (unpaired) electrons. The number of carbonyl (C=O) groups is 4. The summed E-state index contributed by atoms with van der Waals surface area (Å²) in [5.74, 6) is -1.41. The minimum absolute atomic E-state index is 0.00829. The van der Waals surface area contributed by atoms with Crippen LogP contribution < -0.4 is 21.3 Å². The Morgan fingerprint density at radius 1 is 0.649 bits per heavy atom. The molecular weight excluding hydrogens is 486 g/mol. The summed E-state index contributed by atoms with van der Waals surface area (Å²) < 4.78 is 16.5. The van der Waals surface area contributed by atoms with Crippen LogP contribution in [-0.4, -0.2) is 44.6 Å². The van der Waals surface area contributed by atoms with Gasteiger partial charge >= 0.3 is 0 Å². The molecule has 0 fully saturated rings. The van der Waals surface area contributed by atoms with E-state index in [9.17, 15) is 19.2 Å². The predicted molar refractivity (Wildman–Crippen MR) is 124 cm³/mol. The van der Waals surface area contributed by atoms with Gasteiger partial charge < -0.3 is 34.5 Å². The minimum Gasteiger partial charge on any atom is -0.443 e. The Morgan fingerprint density at radius 3 is 1.43 bits per heavy atom. The highest BCUT2D eigenvalue weighted by Gasteiger charge is 2.28. The fourth-order valence-electron chi connectivity index (χ4n) is 3.71. The van der Waals surface area contributed by atoms with E-state index in [0.29, 0.717) is 0 Å². The summed E-state index contributed by atoms with van der Waals surface area (Å²) in [5.41, 5.74) is 0.0499. The van der Waals surface area contributed by atoms with E-state index in [2.05, 4.69) is 36.2 Å². The number of nitrogens with zero attached hydrogens (tertiary/aromatic N) is 3. The molecule has 0 saturated carbocycles. The van der Waals surface area contributed by atoms with Crippen molar-refractivity contribution in [2.24, 2.45) is 5.92 Å². The molecule has 4 heterocycles. The number of carbonyl (C=O) groups excluding carboxylic acids is 4. The largest absolute Gasteiger partial charge is 0.443 e. The zero-order chi connectivity index (χ0) is 26.9. The molecule has 0 aliphatic carbocycles.